The van der Waals surface area contributed by atoms with Crippen LogP contribution in [0.2, 0.25) is 5.02 Å². The van der Waals surface area contributed by atoms with Crippen LogP contribution in [0.15, 0.2) is 40.8 Å². The zero-order valence-corrected chi connectivity index (χ0v) is 21.4. The number of hydrogen-bond donors (Lipinski definition) is 4. The Morgan fingerprint density at radius 2 is 2.03 bits per heavy atom. The molecule has 1 aromatic carbocycles. The number of benzene rings is 1. The summed E-state index contributed by atoms with van der Waals surface area (Å²) in [6.45, 7) is 9.26. The van der Waals surface area contributed by atoms with Crippen LogP contribution in [0.5, 0.6) is 0 Å². The Hall–Kier alpha value is -2.28. The van der Waals surface area contributed by atoms with Crippen molar-refractivity contribution >= 4 is 34.3 Å². The van der Waals surface area contributed by atoms with Crippen LogP contribution in [0.3, 0.4) is 0 Å². The van der Waals surface area contributed by atoms with E-state index in [1.165, 1.54) is 5.56 Å². The molecule has 34 heavy (non-hydrogen) atoms. The maximum Gasteiger partial charge on any atom is 0.271 e. The van der Waals surface area contributed by atoms with Crippen LogP contribution in [0, 0.1) is 12.5 Å². The lowest BCUT2D eigenvalue weighted by atomic mass is 10.0. The smallest absolute Gasteiger partial charge is 0.271 e. The van der Waals surface area contributed by atoms with E-state index in [0.29, 0.717) is 18.6 Å². The number of nitrogens with two attached hydrogens (primary N) is 2. The number of nitrogens with zero attached hydrogens (tertiary/aromatic N) is 3. The molecule has 1 aliphatic rings. The van der Waals surface area contributed by atoms with E-state index in [1.54, 1.807) is 0 Å². The standard InChI is InChI=1S/C24H35Cl2N7O/c1-4-20(10-11-29-14-18-6-8-19(25)9-7-18)33-13-12-32(15-17(33)3)16-21(26)31-22(24(28)34)23(27)30-5-2/h2,6-9,17,20,29-30H,4,10-16,27H2,1,3H3,(H2,28,34)/b23-22-,31-21?. The molecule has 2 rings (SSSR count). The molecule has 0 aromatic heterocycles. The van der Waals surface area contributed by atoms with Gasteiger partial charge in [-0.15, -0.1) is 0 Å². The maximum absolute atomic E-state index is 11.6. The topological polar surface area (TPSA) is 112 Å². The van der Waals surface area contributed by atoms with Crippen molar-refractivity contribution in [2.75, 3.05) is 32.7 Å². The van der Waals surface area contributed by atoms with Gasteiger partial charge in [0.25, 0.3) is 5.91 Å². The third-order valence-corrected chi connectivity index (χ3v) is 6.34. The molecule has 1 amide bonds. The number of carbonyl (C=O) groups is 1. The predicted molar refractivity (Wildman–Crippen MR) is 140 cm³/mol. The number of carbonyl (C=O) groups excluding carboxylic acids is 1. The number of rotatable bonds is 12. The number of nitrogens with one attached hydrogen (secondary N) is 2. The molecule has 1 aromatic rings. The van der Waals surface area contributed by atoms with E-state index < -0.39 is 5.91 Å². The van der Waals surface area contributed by atoms with E-state index in [4.69, 9.17) is 41.1 Å². The Morgan fingerprint density at radius 3 is 2.62 bits per heavy atom. The molecule has 8 nitrogen and oxygen atoms in total. The highest BCUT2D eigenvalue weighted by atomic mass is 35.5. The zero-order chi connectivity index (χ0) is 25.1. The van der Waals surface area contributed by atoms with Crippen molar-refractivity contribution in [1.29, 1.82) is 0 Å². The van der Waals surface area contributed by atoms with Gasteiger partial charge in [-0.2, -0.15) is 0 Å². The molecule has 0 bridgehead atoms. The molecule has 1 fully saturated rings. The van der Waals surface area contributed by atoms with E-state index in [9.17, 15) is 4.79 Å². The second-order valence-corrected chi connectivity index (χ2v) is 9.23. The van der Waals surface area contributed by atoms with Gasteiger partial charge in [-0.3, -0.25) is 19.9 Å². The first kappa shape index (κ1) is 28.0. The number of hydrogen-bond acceptors (Lipinski definition) is 7. The monoisotopic (exact) mass is 507 g/mol. The normalized spacial score (nSPS) is 19.3. The van der Waals surface area contributed by atoms with Gasteiger partial charge in [0, 0.05) is 49.3 Å². The number of primary amides is 1. The molecule has 1 aliphatic heterocycles. The van der Waals surface area contributed by atoms with Gasteiger partial charge < -0.3 is 16.8 Å². The van der Waals surface area contributed by atoms with Crippen molar-refractivity contribution < 1.29 is 4.79 Å². The molecule has 0 aliphatic carbocycles. The van der Waals surface area contributed by atoms with E-state index in [2.05, 4.69) is 45.3 Å². The molecule has 10 heteroatoms. The second-order valence-electron chi connectivity index (χ2n) is 8.36. The Labute approximate surface area is 212 Å². The quantitative estimate of drug-likeness (QED) is 0.113. The van der Waals surface area contributed by atoms with E-state index in [1.807, 2.05) is 24.3 Å². The lowest BCUT2D eigenvalue weighted by Gasteiger charge is -2.43. The van der Waals surface area contributed by atoms with Crippen molar-refractivity contribution in [2.45, 2.75) is 45.3 Å². The summed E-state index contributed by atoms with van der Waals surface area (Å²) < 4.78 is 0. The minimum Gasteiger partial charge on any atom is -0.383 e. The number of amides is 1. The molecule has 0 saturated carbocycles. The van der Waals surface area contributed by atoms with Gasteiger partial charge in [-0.1, -0.05) is 48.7 Å². The summed E-state index contributed by atoms with van der Waals surface area (Å²) in [5.74, 6) is -0.895. The molecule has 186 valence electrons. The van der Waals surface area contributed by atoms with Gasteiger partial charge >= 0.3 is 0 Å². The first-order valence-electron chi connectivity index (χ1n) is 11.4. The fraction of sp³-hybridized carbons (Fsp3) is 0.500. The minimum absolute atomic E-state index is 0.0956. The van der Waals surface area contributed by atoms with Crippen molar-refractivity contribution in [3.63, 3.8) is 0 Å². The van der Waals surface area contributed by atoms with Crippen LogP contribution < -0.4 is 22.1 Å². The van der Waals surface area contributed by atoms with Gasteiger partial charge in [-0.05, 0) is 44.0 Å². The number of terminal acetylenes is 1. The Morgan fingerprint density at radius 1 is 1.32 bits per heavy atom. The van der Waals surface area contributed by atoms with Gasteiger partial charge in [0.05, 0.1) is 6.54 Å². The fourth-order valence-electron chi connectivity index (χ4n) is 4.17. The first-order chi connectivity index (χ1) is 16.2. The van der Waals surface area contributed by atoms with Gasteiger partial charge in [0.1, 0.15) is 11.0 Å². The van der Waals surface area contributed by atoms with Crippen LogP contribution in [-0.4, -0.2) is 65.7 Å². The summed E-state index contributed by atoms with van der Waals surface area (Å²) in [4.78, 5) is 20.5. The molecule has 0 spiro atoms. The molecular weight excluding hydrogens is 473 g/mol. The maximum atomic E-state index is 11.6. The molecule has 1 saturated heterocycles. The summed E-state index contributed by atoms with van der Waals surface area (Å²) >= 11 is 12.3. The van der Waals surface area contributed by atoms with Crippen molar-refractivity contribution in [1.82, 2.24) is 20.4 Å². The van der Waals surface area contributed by atoms with Crippen LogP contribution in [0.25, 0.3) is 0 Å². The summed E-state index contributed by atoms with van der Waals surface area (Å²) in [6, 6.07) is 10.9. The average Bonchev–Trinajstić information content (AvgIpc) is 2.79. The van der Waals surface area contributed by atoms with Gasteiger partial charge in [0.2, 0.25) is 0 Å². The summed E-state index contributed by atoms with van der Waals surface area (Å²) in [5.41, 5.74) is 12.1. The minimum atomic E-state index is -0.799. The van der Waals surface area contributed by atoms with Gasteiger partial charge in [-0.25, -0.2) is 4.99 Å². The molecular formula is C24H35Cl2N7O. The van der Waals surface area contributed by atoms with Crippen LogP contribution in [-0.2, 0) is 11.3 Å². The van der Waals surface area contributed by atoms with E-state index in [-0.39, 0.29) is 16.7 Å². The van der Waals surface area contributed by atoms with Crippen LogP contribution >= 0.6 is 23.2 Å². The van der Waals surface area contributed by atoms with Crippen LogP contribution in [0.1, 0.15) is 32.3 Å². The van der Waals surface area contributed by atoms with E-state index in [0.717, 1.165) is 50.6 Å². The van der Waals surface area contributed by atoms with Crippen molar-refractivity contribution in [3.05, 3.63) is 46.4 Å². The third kappa shape index (κ3) is 8.82. The third-order valence-electron chi connectivity index (χ3n) is 5.88. The number of piperazine rings is 1. The number of halogens is 2. The van der Waals surface area contributed by atoms with Crippen molar-refractivity contribution in [2.24, 2.45) is 16.5 Å². The highest BCUT2D eigenvalue weighted by Crippen LogP contribution is 2.18. The molecule has 2 unspecified atom stereocenters. The predicted octanol–water partition coefficient (Wildman–Crippen LogP) is 2.04. The van der Waals surface area contributed by atoms with Crippen LogP contribution in [0.4, 0.5) is 0 Å². The lowest BCUT2D eigenvalue weighted by molar-refractivity contribution is -0.114. The highest BCUT2D eigenvalue weighted by molar-refractivity contribution is 6.66. The fourth-order valence-corrected chi connectivity index (χ4v) is 4.55. The second kappa shape index (κ2) is 14.2. The first-order valence-corrected chi connectivity index (χ1v) is 12.2. The zero-order valence-electron chi connectivity index (χ0n) is 19.9. The molecule has 6 N–H and O–H groups in total. The number of aliphatic imine (C=N–C) groups is 1. The highest BCUT2D eigenvalue weighted by Gasteiger charge is 2.28. The largest absolute Gasteiger partial charge is 0.383 e. The summed E-state index contributed by atoms with van der Waals surface area (Å²) in [5, 5.41) is 6.91. The molecule has 2 atom stereocenters. The Balaban J connectivity index is 1.85. The Bertz CT molecular complexity index is 911. The SMILES string of the molecule is C#CN/C(N)=C(\N=C(Cl)CN1CCN(C(CC)CCNCc2ccc(Cl)cc2)C(C)C1)C(N)=O. The summed E-state index contributed by atoms with van der Waals surface area (Å²) in [7, 11) is 0. The molecule has 0 radical (unpaired) electrons. The molecule has 1 heterocycles. The summed E-state index contributed by atoms with van der Waals surface area (Å²) in [6.07, 6.45) is 7.31. The average molecular weight is 508 g/mol. The van der Waals surface area contributed by atoms with Gasteiger partial charge in [0.15, 0.2) is 5.70 Å². The van der Waals surface area contributed by atoms with Crippen molar-refractivity contribution in [3.8, 4) is 12.5 Å². The van der Waals surface area contributed by atoms with E-state index >= 15 is 0 Å². The lowest BCUT2D eigenvalue weighted by Crippen LogP contribution is -2.56. The Kier molecular flexibility index (Phi) is 11.7.